The molecule has 1 aromatic rings. The fraction of sp³-hybridized carbons (Fsp3) is 0.667. The summed E-state index contributed by atoms with van der Waals surface area (Å²) in [5.41, 5.74) is 6.43. The van der Waals surface area contributed by atoms with Crippen LogP contribution in [0.2, 0.25) is 5.02 Å². The van der Waals surface area contributed by atoms with Crippen LogP contribution in [0.25, 0.3) is 0 Å². The maximum atomic E-state index is 13.4. The summed E-state index contributed by atoms with van der Waals surface area (Å²) in [5, 5.41) is 3.85. The van der Waals surface area contributed by atoms with E-state index in [9.17, 15) is 9.59 Å². The molecule has 2 aliphatic heterocycles. The van der Waals surface area contributed by atoms with Gasteiger partial charge in [-0.05, 0) is 63.6 Å². The molecule has 0 saturated heterocycles. The number of halogens is 1. The summed E-state index contributed by atoms with van der Waals surface area (Å²) >= 11 is 6.25. The Labute approximate surface area is 218 Å². The quantitative estimate of drug-likeness (QED) is 0.509. The number of methoxy groups -OCH3 is 1. The Hall–Kier alpha value is -2.32. The van der Waals surface area contributed by atoms with Gasteiger partial charge in [0.2, 0.25) is 11.8 Å². The highest BCUT2D eigenvalue weighted by molar-refractivity contribution is 6.30. The molecule has 1 unspecified atom stereocenters. The Balaban J connectivity index is 1.51. The summed E-state index contributed by atoms with van der Waals surface area (Å²) in [6, 6.07) is 5.09. The van der Waals surface area contributed by atoms with Gasteiger partial charge in [-0.1, -0.05) is 25.4 Å². The molecule has 2 heterocycles. The van der Waals surface area contributed by atoms with E-state index in [1.165, 1.54) is 0 Å². The van der Waals surface area contributed by atoms with Crippen LogP contribution in [0.1, 0.15) is 77.8 Å². The number of carbonyl (C=O) groups is 2. The van der Waals surface area contributed by atoms with Gasteiger partial charge >= 0.3 is 0 Å². The monoisotopic (exact) mass is 518 g/mol. The van der Waals surface area contributed by atoms with Crippen molar-refractivity contribution >= 4 is 29.4 Å². The molecule has 4 rings (SSSR count). The number of rotatable bonds is 9. The normalized spacial score (nSPS) is 26.9. The fourth-order valence-corrected chi connectivity index (χ4v) is 5.97. The molecule has 1 aromatic carbocycles. The van der Waals surface area contributed by atoms with Crippen molar-refractivity contribution in [1.82, 2.24) is 10.2 Å². The zero-order valence-electron chi connectivity index (χ0n) is 22.0. The lowest BCUT2D eigenvalue weighted by atomic mass is 9.87. The number of fused-ring (bicyclic) bond motifs is 1. The van der Waals surface area contributed by atoms with Gasteiger partial charge in [0.05, 0.1) is 18.0 Å². The van der Waals surface area contributed by atoms with E-state index in [-0.39, 0.29) is 41.7 Å². The third-order valence-corrected chi connectivity index (χ3v) is 8.26. The molecule has 2 amide bonds. The molecule has 0 bridgehead atoms. The summed E-state index contributed by atoms with van der Waals surface area (Å²) in [5.74, 6) is 0.757. The van der Waals surface area contributed by atoms with Crippen molar-refractivity contribution in [2.24, 2.45) is 22.6 Å². The Kier molecular flexibility index (Phi) is 7.58. The van der Waals surface area contributed by atoms with Crippen LogP contribution >= 0.6 is 11.6 Å². The van der Waals surface area contributed by atoms with E-state index in [1.807, 2.05) is 39.8 Å². The number of hydrogen-bond acceptors (Lipinski definition) is 6. The molecule has 3 N–H and O–H groups in total. The first-order chi connectivity index (χ1) is 17.0. The Morgan fingerprint density at radius 2 is 2.08 bits per heavy atom. The lowest BCUT2D eigenvalue weighted by Gasteiger charge is -2.40. The van der Waals surface area contributed by atoms with Crippen molar-refractivity contribution in [2.45, 2.75) is 89.4 Å². The second-order valence-corrected chi connectivity index (χ2v) is 11.4. The minimum atomic E-state index is -0.436. The molecule has 9 heteroatoms. The number of ether oxygens (including phenoxy) is 2. The minimum absolute atomic E-state index is 0.000264. The van der Waals surface area contributed by atoms with Crippen molar-refractivity contribution in [3.63, 3.8) is 0 Å². The van der Waals surface area contributed by atoms with Crippen LogP contribution in [0.4, 0.5) is 0 Å². The second-order valence-electron chi connectivity index (χ2n) is 11.0. The van der Waals surface area contributed by atoms with Gasteiger partial charge in [0, 0.05) is 42.7 Å². The van der Waals surface area contributed by atoms with Crippen molar-refractivity contribution in [3.05, 3.63) is 28.8 Å². The van der Waals surface area contributed by atoms with Gasteiger partial charge in [0.15, 0.2) is 5.96 Å². The van der Waals surface area contributed by atoms with Gasteiger partial charge in [-0.3, -0.25) is 14.5 Å². The molecule has 3 aliphatic rings. The Bertz CT molecular complexity index is 1040. The average molecular weight is 519 g/mol. The van der Waals surface area contributed by atoms with Gasteiger partial charge in [0.25, 0.3) is 0 Å². The van der Waals surface area contributed by atoms with Crippen LogP contribution in [0.3, 0.4) is 0 Å². The molecule has 198 valence electrons. The van der Waals surface area contributed by atoms with Crippen LogP contribution in [0.5, 0.6) is 5.75 Å². The molecular formula is C27H39ClN4O4. The maximum Gasteiger partial charge on any atom is 0.231 e. The summed E-state index contributed by atoms with van der Waals surface area (Å²) in [6.45, 7) is 8.58. The maximum absolute atomic E-state index is 13.4. The highest BCUT2D eigenvalue weighted by atomic mass is 35.5. The van der Waals surface area contributed by atoms with E-state index in [1.54, 1.807) is 18.1 Å². The van der Waals surface area contributed by atoms with Crippen LogP contribution < -0.4 is 15.8 Å². The zero-order valence-corrected chi connectivity index (χ0v) is 22.7. The van der Waals surface area contributed by atoms with Crippen molar-refractivity contribution in [3.8, 4) is 5.75 Å². The standard InChI is InChI=1S/C27H39ClN4O4/c1-6-27(7-2)15-23(33)32(25(29)31-27)21(10-11-35-5)17-13-18(17)24(34)30-20-14-26(3,4)36-22-9-8-16(28)12-19(20)22/h8-9,12,17-18,20-21H,6-7,10-11,13-15H2,1-5H3,(H2,29,31)(H,30,34)/t17-,18-,20+,21?/m1/s1. The zero-order chi connectivity index (χ0) is 26.3. The first kappa shape index (κ1) is 26.7. The molecule has 1 saturated carbocycles. The molecule has 36 heavy (non-hydrogen) atoms. The van der Waals surface area contributed by atoms with Gasteiger partial charge < -0.3 is 20.5 Å². The number of nitrogens with zero attached hydrogens (tertiary/aromatic N) is 2. The highest BCUT2D eigenvalue weighted by Crippen LogP contribution is 2.47. The van der Waals surface area contributed by atoms with E-state index < -0.39 is 11.1 Å². The first-order valence-corrected chi connectivity index (χ1v) is 13.4. The topological polar surface area (TPSA) is 106 Å². The molecule has 0 aromatic heterocycles. The van der Waals surface area contributed by atoms with Crippen molar-refractivity contribution in [2.75, 3.05) is 13.7 Å². The molecular weight excluding hydrogens is 480 g/mol. The number of carbonyl (C=O) groups excluding carboxylic acids is 2. The smallest absolute Gasteiger partial charge is 0.231 e. The molecule has 0 radical (unpaired) electrons. The van der Waals surface area contributed by atoms with E-state index >= 15 is 0 Å². The van der Waals surface area contributed by atoms with Crippen molar-refractivity contribution in [1.29, 1.82) is 0 Å². The predicted octanol–water partition coefficient (Wildman–Crippen LogP) is 4.21. The molecule has 8 nitrogen and oxygen atoms in total. The lowest BCUT2D eigenvalue weighted by molar-refractivity contribution is -0.133. The van der Waals surface area contributed by atoms with Crippen molar-refractivity contribution < 1.29 is 19.1 Å². The number of benzene rings is 1. The third kappa shape index (κ3) is 5.35. The van der Waals surface area contributed by atoms with E-state index in [2.05, 4.69) is 5.32 Å². The van der Waals surface area contributed by atoms with Gasteiger partial charge in [-0.15, -0.1) is 0 Å². The van der Waals surface area contributed by atoms with E-state index in [4.69, 9.17) is 31.8 Å². The van der Waals surface area contributed by atoms with Gasteiger partial charge in [-0.25, -0.2) is 4.99 Å². The van der Waals surface area contributed by atoms with Crippen LogP contribution in [0, 0.1) is 11.8 Å². The second kappa shape index (κ2) is 10.2. The summed E-state index contributed by atoms with van der Waals surface area (Å²) in [4.78, 5) is 33.1. The molecule has 1 fully saturated rings. The van der Waals surface area contributed by atoms with Gasteiger partial charge in [0.1, 0.15) is 11.4 Å². The van der Waals surface area contributed by atoms with Crippen LogP contribution in [-0.2, 0) is 14.3 Å². The third-order valence-electron chi connectivity index (χ3n) is 8.03. The van der Waals surface area contributed by atoms with Crippen LogP contribution in [-0.4, -0.2) is 53.6 Å². The molecule has 4 atom stereocenters. The number of amides is 2. The number of hydrogen-bond donors (Lipinski definition) is 2. The van der Waals surface area contributed by atoms with Crippen LogP contribution in [0.15, 0.2) is 23.2 Å². The van der Waals surface area contributed by atoms with E-state index in [0.29, 0.717) is 37.3 Å². The molecule has 1 aliphatic carbocycles. The predicted molar refractivity (Wildman–Crippen MR) is 140 cm³/mol. The first-order valence-electron chi connectivity index (χ1n) is 13.0. The summed E-state index contributed by atoms with van der Waals surface area (Å²) < 4.78 is 11.4. The SMILES string of the molecule is CCC1(CC)CC(=O)N(C(CCOC)[C@@H]2C[C@H]2C(=O)N[C@H]2CC(C)(C)Oc3ccc(Cl)cc32)C(N)=N1. The lowest BCUT2D eigenvalue weighted by Crippen LogP contribution is -2.56. The number of aliphatic imine (C=N–C) groups is 1. The minimum Gasteiger partial charge on any atom is -0.487 e. The summed E-state index contributed by atoms with van der Waals surface area (Å²) in [6.07, 6.45) is 3.78. The van der Waals surface area contributed by atoms with E-state index in [0.717, 1.165) is 24.2 Å². The number of nitrogens with one attached hydrogen (secondary N) is 1. The largest absolute Gasteiger partial charge is 0.487 e. The Morgan fingerprint density at radius 3 is 2.72 bits per heavy atom. The number of guanidine groups is 1. The fourth-order valence-electron chi connectivity index (χ4n) is 5.79. The highest BCUT2D eigenvalue weighted by Gasteiger charge is 2.53. The Morgan fingerprint density at radius 1 is 1.36 bits per heavy atom. The summed E-state index contributed by atoms with van der Waals surface area (Å²) in [7, 11) is 1.64. The van der Waals surface area contributed by atoms with Gasteiger partial charge in [-0.2, -0.15) is 0 Å². The molecule has 0 spiro atoms. The number of nitrogens with two attached hydrogens (primary N) is 1. The average Bonchev–Trinajstić information content (AvgIpc) is 3.61.